The van der Waals surface area contributed by atoms with E-state index in [1.807, 2.05) is 6.07 Å². The Morgan fingerprint density at radius 1 is 1.15 bits per heavy atom. The molecule has 0 radical (unpaired) electrons. The summed E-state index contributed by atoms with van der Waals surface area (Å²) in [5.41, 5.74) is 0.126. The van der Waals surface area contributed by atoms with Crippen LogP contribution in [0.15, 0.2) is 30.6 Å². The van der Waals surface area contributed by atoms with Crippen molar-refractivity contribution in [3.05, 3.63) is 30.6 Å². The second-order valence-electron chi connectivity index (χ2n) is 3.55. The van der Waals surface area contributed by atoms with E-state index >= 15 is 0 Å². The predicted octanol–water partition coefficient (Wildman–Crippen LogP) is -0.503. The molecule has 1 nitrogen and oxygen atoms in total. The van der Waals surface area contributed by atoms with Gasteiger partial charge in [0, 0.05) is 26.0 Å². The molecule has 0 bridgehead atoms. The molecular formula is C10H15Br2N. The zero-order chi connectivity index (χ0) is 9.19. The van der Waals surface area contributed by atoms with Gasteiger partial charge in [0.15, 0.2) is 17.9 Å². The fourth-order valence-electron chi connectivity index (χ4n) is 0.988. The second-order valence-corrected chi connectivity index (χ2v) is 4.93. The molecule has 0 saturated heterocycles. The Morgan fingerprint density at radius 3 is 2.00 bits per heavy atom. The summed E-state index contributed by atoms with van der Waals surface area (Å²) in [5.74, 6) is 0. The Morgan fingerprint density at radius 2 is 1.62 bits per heavy atom. The minimum absolute atomic E-state index is 0. The van der Waals surface area contributed by atoms with E-state index in [1.54, 1.807) is 0 Å². The minimum Gasteiger partial charge on any atom is -1.00 e. The second kappa shape index (κ2) is 5.11. The van der Waals surface area contributed by atoms with Crippen molar-refractivity contribution < 1.29 is 21.5 Å². The maximum absolute atomic E-state index is 3.61. The molecule has 0 aliphatic rings. The van der Waals surface area contributed by atoms with Crippen LogP contribution >= 0.6 is 15.9 Å². The summed E-state index contributed by atoms with van der Waals surface area (Å²) >= 11 is 3.61. The maximum Gasteiger partial charge on any atom is 0.174 e. The molecule has 1 heterocycles. The molecule has 0 aliphatic carbocycles. The number of alkyl halides is 1. The van der Waals surface area contributed by atoms with Crippen molar-refractivity contribution in [1.29, 1.82) is 0 Å². The summed E-state index contributed by atoms with van der Waals surface area (Å²) in [7, 11) is 0. The maximum atomic E-state index is 3.61. The molecule has 1 rings (SSSR count). The molecule has 0 N–H and O–H groups in total. The van der Waals surface area contributed by atoms with Gasteiger partial charge in [-0.1, -0.05) is 22.0 Å². The van der Waals surface area contributed by atoms with Crippen LogP contribution in [0, 0.1) is 0 Å². The smallest absolute Gasteiger partial charge is 0.174 e. The molecular weight excluding hydrogens is 294 g/mol. The first-order valence-corrected chi connectivity index (χ1v) is 5.07. The van der Waals surface area contributed by atoms with Crippen LogP contribution in [0.5, 0.6) is 0 Å². The lowest BCUT2D eigenvalue weighted by Crippen LogP contribution is -3.00. The molecule has 13 heavy (non-hydrogen) atoms. The van der Waals surface area contributed by atoms with Gasteiger partial charge in [-0.25, -0.2) is 0 Å². The van der Waals surface area contributed by atoms with Crippen molar-refractivity contribution in [1.82, 2.24) is 0 Å². The van der Waals surface area contributed by atoms with E-state index in [1.165, 1.54) is 0 Å². The number of hydrogen-bond donors (Lipinski definition) is 0. The molecule has 3 heteroatoms. The van der Waals surface area contributed by atoms with E-state index in [0.717, 1.165) is 0 Å². The Balaban J connectivity index is 0.00000144. The van der Waals surface area contributed by atoms with E-state index in [0.29, 0.717) is 4.83 Å². The van der Waals surface area contributed by atoms with E-state index in [9.17, 15) is 0 Å². The first kappa shape index (κ1) is 13.1. The predicted molar refractivity (Wildman–Crippen MR) is 54.3 cm³/mol. The standard InChI is InChI=1S/C10H15BrN.BrH/c1-9(11)10(2,3)12-7-5-4-6-8-12;/h4-9H,1-3H3;1H/q+1;/p-1. The van der Waals surface area contributed by atoms with E-state index in [2.05, 4.69) is 65.8 Å². The van der Waals surface area contributed by atoms with Crippen LogP contribution < -0.4 is 21.5 Å². The number of pyridine rings is 1. The minimum atomic E-state index is 0. The van der Waals surface area contributed by atoms with Gasteiger partial charge >= 0.3 is 0 Å². The quantitative estimate of drug-likeness (QED) is 0.512. The Bertz CT molecular complexity index is 244. The third-order valence-corrected chi connectivity index (χ3v) is 3.47. The van der Waals surface area contributed by atoms with Gasteiger partial charge in [-0.15, -0.1) is 0 Å². The first-order valence-electron chi connectivity index (χ1n) is 4.16. The number of rotatable bonds is 2. The highest BCUT2D eigenvalue weighted by molar-refractivity contribution is 9.09. The zero-order valence-electron chi connectivity index (χ0n) is 8.17. The highest BCUT2D eigenvalue weighted by atomic mass is 79.9. The molecule has 0 aliphatic heterocycles. The number of aromatic nitrogens is 1. The molecule has 74 valence electrons. The van der Waals surface area contributed by atoms with Crippen LogP contribution in [-0.2, 0) is 5.54 Å². The first-order chi connectivity index (χ1) is 5.55. The summed E-state index contributed by atoms with van der Waals surface area (Å²) in [6.07, 6.45) is 4.19. The van der Waals surface area contributed by atoms with Crippen LogP contribution in [0.2, 0.25) is 0 Å². The SMILES string of the molecule is CC(Br)C(C)(C)[n+]1ccccc1.[Br-]. The zero-order valence-corrected chi connectivity index (χ0v) is 11.3. The highest BCUT2D eigenvalue weighted by Gasteiger charge is 2.32. The third kappa shape index (κ3) is 3.06. The van der Waals surface area contributed by atoms with E-state index < -0.39 is 0 Å². The average Bonchev–Trinajstić information content (AvgIpc) is 2.06. The van der Waals surface area contributed by atoms with Crippen LogP contribution in [0.25, 0.3) is 0 Å². The lowest BCUT2D eigenvalue weighted by atomic mass is 10.0. The molecule has 0 spiro atoms. The highest BCUT2D eigenvalue weighted by Crippen LogP contribution is 2.18. The lowest BCUT2D eigenvalue weighted by molar-refractivity contribution is -0.756. The normalized spacial score (nSPS) is 13.2. The average molecular weight is 309 g/mol. The fraction of sp³-hybridized carbons (Fsp3) is 0.500. The summed E-state index contributed by atoms with van der Waals surface area (Å²) < 4.78 is 2.21. The molecule has 1 aromatic heterocycles. The van der Waals surface area contributed by atoms with Gasteiger partial charge in [-0.2, -0.15) is 4.57 Å². The summed E-state index contributed by atoms with van der Waals surface area (Å²) in [5, 5.41) is 0. The van der Waals surface area contributed by atoms with Crippen LogP contribution in [0.1, 0.15) is 20.8 Å². The van der Waals surface area contributed by atoms with Gasteiger partial charge in [0.05, 0.1) is 4.83 Å². The molecule has 0 saturated carbocycles. The lowest BCUT2D eigenvalue weighted by Gasteiger charge is -2.21. The van der Waals surface area contributed by atoms with Gasteiger partial charge in [0.25, 0.3) is 0 Å². The summed E-state index contributed by atoms with van der Waals surface area (Å²) in [4.78, 5) is 0.456. The van der Waals surface area contributed by atoms with Crippen molar-refractivity contribution in [2.75, 3.05) is 0 Å². The molecule has 1 unspecified atom stereocenters. The van der Waals surface area contributed by atoms with Crippen molar-refractivity contribution in [3.63, 3.8) is 0 Å². The van der Waals surface area contributed by atoms with Gasteiger partial charge in [0.1, 0.15) is 0 Å². The third-order valence-electron chi connectivity index (χ3n) is 2.35. The fourth-order valence-corrected chi connectivity index (χ4v) is 1.22. The van der Waals surface area contributed by atoms with E-state index in [4.69, 9.17) is 0 Å². The Hall–Kier alpha value is 0.110. The van der Waals surface area contributed by atoms with Crippen LogP contribution in [0.3, 0.4) is 0 Å². The molecule has 0 aromatic carbocycles. The van der Waals surface area contributed by atoms with Crippen LogP contribution in [-0.4, -0.2) is 4.83 Å². The van der Waals surface area contributed by atoms with E-state index in [-0.39, 0.29) is 22.5 Å². The summed E-state index contributed by atoms with van der Waals surface area (Å²) in [6, 6.07) is 6.14. The number of nitrogens with zero attached hydrogens (tertiary/aromatic N) is 1. The number of halogens is 2. The van der Waals surface area contributed by atoms with Gasteiger partial charge in [-0.3, -0.25) is 0 Å². The van der Waals surface area contributed by atoms with Crippen molar-refractivity contribution >= 4 is 15.9 Å². The monoisotopic (exact) mass is 307 g/mol. The van der Waals surface area contributed by atoms with Crippen LogP contribution in [0.4, 0.5) is 0 Å². The largest absolute Gasteiger partial charge is 1.00 e. The number of hydrogen-bond acceptors (Lipinski definition) is 0. The Labute approximate surface area is 99.1 Å². The topological polar surface area (TPSA) is 3.88 Å². The molecule has 1 aromatic rings. The van der Waals surface area contributed by atoms with Crippen molar-refractivity contribution in [2.24, 2.45) is 0 Å². The van der Waals surface area contributed by atoms with Gasteiger partial charge in [0.2, 0.25) is 0 Å². The van der Waals surface area contributed by atoms with Crippen molar-refractivity contribution in [3.8, 4) is 0 Å². The molecule has 1 atom stereocenters. The van der Waals surface area contributed by atoms with Gasteiger partial charge in [-0.05, 0) is 6.92 Å². The molecule has 0 fully saturated rings. The summed E-state index contributed by atoms with van der Waals surface area (Å²) in [6.45, 7) is 6.60. The Kier molecular flexibility index (Phi) is 5.15. The van der Waals surface area contributed by atoms with Gasteiger partial charge < -0.3 is 17.0 Å². The molecule has 0 amide bonds. The van der Waals surface area contributed by atoms with Crippen molar-refractivity contribution in [2.45, 2.75) is 31.1 Å².